The number of anilines is 1. The molecule has 0 fully saturated rings. The fourth-order valence-electron chi connectivity index (χ4n) is 4.07. The van der Waals surface area contributed by atoms with E-state index in [1.54, 1.807) is 37.1 Å². The van der Waals surface area contributed by atoms with E-state index < -0.39 is 12.6 Å². The average molecular weight is 413 g/mol. The molecule has 1 amide bonds. The van der Waals surface area contributed by atoms with Crippen LogP contribution in [0.3, 0.4) is 0 Å². The van der Waals surface area contributed by atoms with Crippen molar-refractivity contribution in [1.29, 1.82) is 0 Å². The summed E-state index contributed by atoms with van der Waals surface area (Å²) in [5, 5.41) is 2.76. The van der Waals surface area contributed by atoms with Crippen LogP contribution in [0, 0.1) is 6.92 Å². The number of ketones is 1. The van der Waals surface area contributed by atoms with Gasteiger partial charge in [0.1, 0.15) is 5.58 Å². The van der Waals surface area contributed by atoms with E-state index in [9.17, 15) is 14.4 Å². The highest BCUT2D eigenvalue weighted by Gasteiger charge is 2.25. The number of aryl methyl sites for hydroxylation is 1. The van der Waals surface area contributed by atoms with Gasteiger partial charge in [-0.3, -0.25) is 9.59 Å². The van der Waals surface area contributed by atoms with Crippen LogP contribution in [-0.2, 0) is 16.0 Å². The Hall–Kier alpha value is -3.93. The smallest absolute Gasteiger partial charge is 0.375 e. The molecule has 0 spiro atoms. The maximum Gasteiger partial charge on any atom is 0.375 e. The van der Waals surface area contributed by atoms with Crippen LogP contribution in [0.4, 0.5) is 5.69 Å². The van der Waals surface area contributed by atoms with Crippen LogP contribution in [0.25, 0.3) is 21.7 Å². The number of Topliss-reactive ketones (excluding diaryl/α,β-unsaturated/α-hetero) is 1. The Labute approximate surface area is 178 Å². The topological polar surface area (TPSA) is 76.8 Å². The van der Waals surface area contributed by atoms with Crippen molar-refractivity contribution >= 4 is 45.1 Å². The Kier molecular flexibility index (Phi) is 4.36. The maximum atomic E-state index is 12.7. The SMILES string of the molecule is Cc1c(C(=O)OCC(=O)c2ccc3c(c2)CC(=O)N3C)oc2c1ccc1ccccc12. The zero-order valence-electron chi connectivity index (χ0n) is 17.1. The van der Waals surface area contributed by atoms with Gasteiger partial charge in [-0.15, -0.1) is 0 Å². The molecule has 31 heavy (non-hydrogen) atoms. The number of nitrogens with zero attached hydrogens (tertiary/aromatic N) is 1. The number of esters is 1. The Morgan fingerprint density at radius 3 is 2.71 bits per heavy atom. The highest BCUT2D eigenvalue weighted by atomic mass is 16.5. The number of hydrogen-bond acceptors (Lipinski definition) is 5. The number of furan rings is 1. The molecule has 1 aliphatic rings. The molecule has 0 saturated heterocycles. The number of ether oxygens (including phenoxy) is 1. The van der Waals surface area contributed by atoms with Crippen molar-refractivity contribution in [2.75, 3.05) is 18.6 Å². The summed E-state index contributed by atoms with van der Waals surface area (Å²) in [4.78, 5) is 38.6. The minimum atomic E-state index is -0.679. The number of carbonyl (C=O) groups excluding carboxylic acids is 3. The lowest BCUT2D eigenvalue weighted by atomic mass is 10.1. The Morgan fingerprint density at radius 2 is 1.87 bits per heavy atom. The molecule has 5 rings (SSSR count). The van der Waals surface area contributed by atoms with E-state index in [1.165, 1.54) is 0 Å². The van der Waals surface area contributed by atoms with Gasteiger partial charge in [0, 0.05) is 34.6 Å². The third kappa shape index (κ3) is 3.08. The van der Waals surface area contributed by atoms with E-state index in [4.69, 9.17) is 9.15 Å². The summed E-state index contributed by atoms with van der Waals surface area (Å²) in [5.41, 5.74) is 3.30. The predicted molar refractivity (Wildman–Crippen MR) is 117 cm³/mol. The lowest BCUT2D eigenvalue weighted by Gasteiger charge is -2.10. The van der Waals surface area contributed by atoms with Crippen molar-refractivity contribution in [3.05, 3.63) is 77.0 Å². The maximum absolute atomic E-state index is 12.7. The number of carbonyl (C=O) groups is 3. The molecular formula is C25H19NO5. The normalized spacial score (nSPS) is 13.1. The summed E-state index contributed by atoms with van der Waals surface area (Å²) in [7, 11) is 1.70. The summed E-state index contributed by atoms with van der Waals surface area (Å²) in [6.07, 6.45) is 0.263. The van der Waals surface area contributed by atoms with Crippen LogP contribution in [0.5, 0.6) is 0 Å². The summed E-state index contributed by atoms with van der Waals surface area (Å²) in [5.74, 6) is -0.932. The zero-order chi connectivity index (χ0) is 21.7. The van der Waals surface area contributed by atoms with Crippen LogP contribution in [0.15, 0.2) is 59.0 Å². The summed E-state index contributed by atoms with van der Waals surface area (Å²) in [6.45, 7) is 1.39. The van der Waals surface area contributed by atoms with Gasteiger partial charge in [-0.1, -0.05) is 36.4 Å². The lowest BCUT2D eigenvalue weighted by Crippen LogP contribution is -2.20. The molecule has 6 heteroatoms. The molecule has 6 nitrogen and oxygen atoms in total. The Balaban J connectivity index is 1.36. The van der Waals surface area contributed by atoms with Gasteiger partial charge >= 0.3 is 5.97 Å². The van der Waals surface area contributed by atoms with Gasteiger partial charge in [0.25, 0.3) is 0 Å². The molecule has 0 aliphatic carbocycles. The van der Waals surface area contributed by atoms with Crippen LogP contribution < -0.4 is 4.90 Å². The van der Waals surface area contributed by atoms with Crippen molar-refractivity contribution < 1.29 is 23.5 Å². The standard InChI is InChI=1S/C25H19NO5/c1-14-18-9-7-15-5-3-4-6-19(15)24(18)31-23(14)25(29)30-13-21(27)16-8-10-20-17(11-16)12-22(28)26(20)2/h3-11H,12-13H2,1-2H3. The highest BCUT2D eigenvalue weighted by molar-refractivity contribution is 6.09. The second kappa shape index (κ2) is 7.09. The molecule has 0 radical (unpaired) electrons. The summed E-state index contributed by atoms with van der Waals surface area (Å²) >= 11 is 0. The molecule has 1 aliphatic heterocycles. The number of benzene rings is 3. The lowest BCUT2D eigenvalue weighted by molar-refractivity contribution is -0.117. The third-order valence-electron chi connectivity index (χ3n) is 5.83. The van der Waals surface area contributed by atoms with Crippen molar-refractivity contribution in [2.24, 2.45) is 0 Å². The van der Waals surface area contributed by atoms with Gasteiger partial charge in [-0.25, -0.2) is 4.79 Å². The monoisotopic (exact) mass is 413 g/mol. The van der Waals surface area contributed by atoms with E-state index in [0.717, 1.165) is 27.4 Å². The highest BCUT2D eigenvalue weighted by Crippen LogP contribution is 2.32. The molecule has 0 N–H and O–H groups in total. The van der Waals surface area contributed by atoms with Crippen molar-refractivity contribution in [2.45, 2.75) is 13.3 Å². The van der Waals surface area contributed by atoms with Gasteiger partial charge in [-0.05, 0) is 36.1 Å². The molecule has 2 heterocycles. The van der Waals surface area contributed by atoms with Crippen LogP contribution in [0.1, 0.15) is 32.0 Å². The minimum absolute atomic E-state index is 0.0149. The molecule has 0 atom stereocenters. The van der Waals surface area contributed by atoms with Gasteiger partial charge < -0.3 is 14.1 Å². The average Bonchev–Trinajstić information content (AvgIpc) is 3.27. The van der Waals surface area contributed by atoms with Crippen molar-refractivity contribution in [3.8, 4) is 0 Å². The fourth-order valence-corrected chi connectivity index (χ4v) is 4.07. The Morgan fingerprint density at radius 1 is 1.06 bits per heavy atom. The molecule has 1 aromatic heterocycles. The minimum Gasteiger partial charge on any atom is -0.451 e. The van der Waals surface area contributed by atoms with E-state index in [2.05, 4.69) is 0 Å². The largest absolute Gasteiger partial charge is 0.451 e. The molecule has 154 valence electrons. The number of hydrogen-bond donors (Lipinski definition) is 0. The molecule has 0 saturated carbocycles. The summed E-state index contributed by atoms with van der Waals surface area (Å²) in [6, 6.07) is 16.7. The predicted octanol–water partition coefficient (Wildman–Crippen LogP) is 4.45. The van der Waals surface area contributed by atoms with E-state index >= 15 is 0 Å². The van der Waals surface area contributed by atoms with Crippen molar-refractivity contribution in [1.82, 2.24) is 0 Å². The second-order valence-corrected chi connectivity index (χ2v) is 7.69. The fraction of sp³-hybridized carbons (Fsp3) is 0.160. The van der Waals surface area contributed by atoms with Gasteiger partial charge in [0.05, 0.1) is 6.42 Å². The Bertz CT molecular complexity index is 1400. The second-order valence-electron chi connectivity index (χ2n) is 7.69. The van der Waals surface area contributed by atoms with Gasteiger partial charge in [0.15, 0.2) is 12.4 Å². The zero-order valence-corrected chi connectivity index (χ0v) is 17.1. The quantitative estimate of drug-likeness (QED) is 0.365. The molecular weight excluding hydrogens is 394 g/mol. The summed E-state index contributed by atoms with van der Waals surface area (Å²) < 4.78 is 11.1. The number of rotatable bonds is 4. The first-order valence-electron chi connectivity index (χ1n) is 9.94. The van der Waals surface area contributed by atoms with Crippen LogP contribution in [0.2, 0.25) is 0 Å². The first-order chi connectivity index (χ1) is 14.9. The molecule has 0 unspecified atom stereocenters. The van der Waals surface area contributed by atoms with Gasteiger partial charge in [0.2, 0.25) is 11.7 Å². The first-order valence-corrected chi connectivity index (χ1v) is 9.94. The molecule has 3 aromatic carbocycles. The van der Waals surface area contributed by atoms with E-state index in [-0.39, 0.29) is 23.9 Å². The van der Waals surface area contributed by atoms with Crippen LogP contribution >= 0.6 is 0 Å². The first kappa shape index (κ1) is 19.1. The van der Waals surface area contributed by atoms with Crippen molar-refractivity contribution in [3.63, 3.8) is 0 Å². The van der Waals surface area contributed by atoms with E-state index in [1.807, 2.05) is 36.4 Å². The third-order valence-corrected chi connectivity index (χ3v) is 5.83. The van der Waals surface area contributed by atoms with Gasteiger partial charge in [-0.2, -0.15) is 0 Å². The number of likely N-dealkylation sites (N-methyl/N-ethyl adjacent to an activating group) is 1. The number of fused-ring (bicyclic) bond motifs is 4. The number of amides is 1. The van der Waals surface area contributed by atoms with E-state index in [0.29, 0.717) is 16.7 Å². The molecule has 4 aromatic rings. The van der Waals surface area contributed by atoms with Crippen LogP contribution in [-0.4, -0.2) is 31.3 Å². The molecule has 0 bridgehead atoms.